The lowest BCUT2D eigenvalue weighted by molar-refractivity contribution is -0.120. The Kier molecular flexibility index (Phi) is 3.49. The minimum atomic E-state index is 0.0491. The molecule has 2 N–H and O–H groups in total. The molecule has 1 amide bonds. The monoisotopic (exact) mass is 197 g/mol. The first-order chi connectivity index (χ1) is 6.47. The number of rotatable bonds is 2. The highest BCUT2D eigenvalue weighted by atomic mass is 16.1. The van der Waals surface area contributed by atoms with Crippen LogP contribution in [-0.2, 0) is 4.79 Å². The predicted molar refractivity (Wildman–Crippen MR) is 57.1 cm³/mol. The smallest absolute Gasteiger partial charge is 0.226 e. The van der Waals surface area contributed by atoms with E-state index in [0.717, 1.165) is 19.5 Å². The summed E-state index contributed by atoms with van der Waals surface area (Å²) in [4.78, 5) is 15.5. The van der Waals surface area contributed by atoms with E-state index in [4.69, 9.17) is 0 Å². The number of carbonyl (C=O) groups is 1. The van der Waals surface area contributed by atoms with Gasteiger partial charge in [-0.15, -0.1) is 0 Å². The van der Waals surface area contributed by atoms with Crippen molar-refractivity contribution in [1.82, 2.24) is 10.6 Å². The highest BCUT2D eigenvalue weighted by molar-refractivity contribution is 5.97. The maximum absolute atomic E-state index is 11.4. The van der Waals surface area contributed by atoms with E-state index >= 15 is 0 Å². The fourth-order valence-electron chi connectivity index (χ4n) is 1.16. The SMILES string of the molecule is CC(C)(C)CCC(=O)NC1=NCCN1. The van der Waals surface area contributed by atoms with Gasteiger partial charge in [0.25, 0.3) is 0 Å². The summed E-state index contributed by atoms with van der Waals surface area (Å²) in [6.07, 6.45) is 1.45. The van der Waals surface area contributed by atoms with Crippen molar-refractivity contribution in [3.05, 3.63) is 0 Å². The van der Waals surface area contributed by atoms with Crippen molar-refractivity contribution < 1.29 is 4.79 Å². The van der Waals surface area contributed by atoms with Crippen molar-refractivity contribution in [3.8, 4) is 0 Å². The van der Waals surface area contributed by atoms with Gasteiger partial charge in [-0.2, -0.15) is 0 Å². The standard InChI is InChI=1S/C10H19N3O/c1-10(2,3)5-4-8(14)13-9-11-6-7-12-9/h4-7H2,1-3H3,(H2,11,12,13,14). The zero-order valence-electron chi connectivity index (χ0n) is 9.18. The molecular formula is C10H19N3O. The molecule has 14 heavy (non-hydrogen) atoms. The number of nitrogens with one attached hydrogen (secondary N) is 2. The molecule has 0 aromatic carbocycles. The molecule has 1 heterocycles. The molecule has 0 aliphatic carbocycles. The first-order valence-electron chi connectivity index (χ1n) is 5.05. The second-order valence-electron chi connectivity index (χ2n) is 4.77. The zero-order chi connectivity index (χ0) is 10.6. The summed E-state index contributed by atoms with van der Waals surface area (Å²) in [5.41, 5.74) is 0.211. The van der Waals surface area contributed by atoms with Crippen LogP contribution in [0.15, 0.2) is 4.99 Å². The molecular weight excluding hydrogens is 178 g/mol. The summed E-state index contributed by atoms with van der Waals surface area (Å²) in [5, 5.41) is 5.75. The Labute approximate surface area is 85.2 Å². The lowest BCUT2D eigenvalue weighted by Crippen LogP contribution is -2.38. The molecule has 0 radical (unpaired) electrons. The number of amides is 1. The van der Waals surface area contributed by atoms with Crippen LogP contribution in [0.5, 0.6) is 0 Å². The Balaban J connectivity index is 2.22. The number of carbonyl (C=O) groups excluding carboxylic acids is 1. The maximum Gasteiger partial charge on any atom is 0.226 e. The summed E-state index contributed by atoms with van der Waals surface area (Å²) in [6.45, 7) is 7.98. The molecule has 0 saturated carbocycles. The average Bonchev–Trinajstić information content (AvgIpc) is 2.52. The van der Waals surface area contributed by atoms with Gasteiger partial charge in [-0.25, -0.2) is 0 Å². The summed E-state index contributed by atoms with van der Waals surface area (Å²) >= 11 is 0. The molecule has 4 nitrogen and oxygen atoms in total. The van der Waals surface area contributed by atoms with Crippen LogP contribution in [0.25, 0.3) is 0 Å². The van der Waals surface area contributed by atoms with Gasteiger partial charge in [0.15, 0.2) is 5.96 Å². The third-order valence-electron chi connectivity index (χ3n) is 2.03. The fraction of sp³-hybridized carbons (Fsp3) is 0.800. The molecule has 0 aromatic rings. The van der Waals surface area contributed by atoms with Gasteiger partial charge in [0.2, 0.25) is 5.91 Å². The largest absolute Gasteiger partial charge is 0.354 e. The van der Waals surface area contributed by atoms with E-state index in [9.17, 15) is 4.79 Å². The summed E-state index contributed by atoms with van der Waals surface area (Å²) in [6, 6.07) is 0. The molecule has 1 aliphatic heterocycles. The quantitative estimate of drug-likeness (QED) is 0.690. The average molecular weight is 197 g/mol. The molecule has 0 atom stereocenters. The molecule has 1 rings (SSSR count). The lowest BCUT2D eigenvalue weighted by atomic mass is 9.90. The summed E-state index contributed by atoms with van der Waals surface area (Å²) in [7, 11) is 0. The maximum atomic E-state index is 11.4. The van der Waals surface area contributed by atoms with Gasteiger partial charge in [-0.05, 0) is 11.8 Å². The van der Waals surface area contributed by atoms with Crippen LogP contribution >= 0.6 is 0 Å². The Hall–Kier alpha value is -1.06. The summed E-state index contributed by atoms with van der Waals surface area (Å²) in [5.74, 6) is 0.678. The second kappa shape index (κ2) is 4.44. The van der Waals surface area contributed by atoms with Gasteiger partial charge in [0.1, 0.15) is 0 Å². The zero-order valence-corrected chi connectivity index (χ0v) is 9.18. The Morgan fingerprint density at radius 2 is 2.29 bits per heavy atom. The number of hydrogen-bond donors (Lipinski definition) is 2. The third kappa shape index (κ3) is 4.25. The van der Waals surface area contributed by atoms with Crippen LogP contribution in [0.1, 0.15) is 33.6 Å². The molecule has 0 unspecified atom stereocenters. The third-order valence-corrected chi connectivity index (χ3v) is 2.03. The first-order valence-corrected chi connectivity index (χ1v) is 5.05. The Bertz CT molecular complexity index is 240. The molecule has 4 heteroatoms. The van der Waals surface area contributed by atoms with Gasteiger partial charge < -0.3 is 5.32 Å². The van der Waals surface area contributed by atoms with Crippen molar-refractivity contribution >= 4 is 11.9 Å². The molecule has 1 aliphatic rings. The van der Waals surface area contributed by atoms with Gasteiger partial charge >= 0.3 is 0 Å². The number of aliphatic imine (C=N–C) groups is 1. The van der Waals surface area contributed by atoms with Crippen molar-refractivity contribution in [2.45, 2.75) is 33.6 Å². The van der Waals surface area contributed by atoms with E-state index in [-0.39, 0.29) is 11.3 Å². The first kappa shape index (κ1) is 11.0. The fourth-order valence-corrected chi connectivity index (χ4v) is 1.16. The van der Waals surface area contributed by atoms with Crippen LogP contribution in [-0.4, -0.2) is 25.0 Å². The van der Waals surface area contributed by atoms with Crippen molar-refractivity contribution in [2.75, 3.05) is 13.1 Å². The van der Waals surface area contributed by atoms with Gasteiger partial charge in [0.05, 0.1) is 6.54 Å². The van der Waals surface area contributed by atoms with Crippen molar-refractivity contribution in [3.63, 3.8) is 0 Å². The van der Waals surface area contributed by atoms with Crippen LogP contribution in [0.3, 0.4) is 0 Å². The number of nitrogens with zero attached hydrogens (tertiary/aromatic N) is 1. The van der Waals surface area contributed by atoms with Gasteiger partial charge in [-0.1, -0.05) is 20.8 Å². The highest BCUT2D eigenvalue weighted by Gasteiger charge is 2.14. The van der Waals surface area contributed by atoms with E-state index < -0.39 is 0 Å². The van der Waals surface area contributed by atoms with Crippen molar-refractivity contribution in [1.29, 1.82) is 0 Å². The van der Waals surface area contributed by atoms with Crippen molar-refractivity contribution in [2.24, 2.45) is 10.4 Å². The van der Waals surface area contributed by atoms with E-state index in [0.29, 0.717) is 12.4 Å². The second-order valence-corrected chi connectivity index (χ2v) is 4.77. The predicted octanol–water partition coefficient (Wildman–Crippen LogP) is 0.888. The van der Waals surface area contributed by atoms with Gasteiger partial charge in [-0.3, -0.25) is 15.1 Å². The molecule has 0 fully saturated rings. The van der Waals surface area contributed by atoms with Gasteiger partial charge in [0, 0.05) is 13.0 Å². The lowest BCUT2D eigenvalue weighted by Gasteiger charge is -2.17. The molecule has 0 aromatic heterocycles. The molecule has 0 saturated heterocycles. The topological polar surface area (TPSA) is 53.5 Å². The van der Waals surface area contributed by atoms with E-state index in [2.05, 4.69) is 36.4 Å². The van der Waals surface area contributed by atoms with E-state index in [1.165, 1.54) is 0 Å². The summed E-state index contributed by atoms with van der Waals surface area (Å²) < 4.78 is 0. The van der Waals surface area contributed by atoms with E-state index in [1.54, 1.807) is 0 Å². The number of hydrogen-bond acceptors (Lipinski definition) is 3. The number of guanidine groups is 1. The Morgan fingerprint density at radius 3 is 2.79 bits per heavy atom. The minimum absolute atomic E-state index is 0.0491. The van der Waals surface area contributed by atoms with Crippen LogP contribution in [0, 0.1) is 5.41 Å². The molecule has 80 valence electrons. The normalized spacial score (nSPS) is 16.1. The minimum Gasteiger partial charge on any atom is -0.354 e. The molecule has 0 bridgehead atoms. The van der Waals surface area contributed by atoms with Crippen LogP contribution < -0.4 is 10.6 Å². The van der Waals surface area contributed by atoms with Crippen LogP contribution in [0.4, 0.5) is 0 Å². The highest BCUT2D eigenvalue weighted by Crippen LogP contribution is 2.20. The van der Waals surface area contributed by atoms with Crippen LogP contribution in [0.2, 0.25) is 0 Å². The van der Waals surface area contributed by atoms with E-state index in [1.807, 2.05) is 0 Å². The molecule has 0 spiro atoms. The Morgan fingerprint density at radius 1 is 1.57 bits per heavy atom.